The van der Waals surface area contributed by atoms with E-state index < -0.39 is 0 Å². The molecule has 21 heavy (non-hydrogen) atoms. The first-order valence-corrected chi connectivity index (χ1v) is 7.16. The predicted octanol–water partition coefficient (Wildman–Crippen LogP) is 2.81. The predicted molar refractivity (Wildman–Crippen MR) is 79.7 cm³/mol. The lowest BCUT2D eigenvalue weighted by molar-refractivity contribution is 0.373. The summed E-state index contributed by atoms with van der Waals surface area (Å²) in [7, 11) is 1.50. The highest BCUT2D eigenvalue weighted by Crippen LogP contribution is 2.34. The number of phenols is 1. The van der Waals surface area contributed by atoms with Crippen LogP contribution < -0.4 is 10.3 Å². The van der Waals surface area contributed by atoms with Gasteiger partial charge < -0.3 is 14.8 Å². The molecule has 3 rings (SSSR count). The van der Waals surface area contributed by atoms with E-state index in [1.165, 1.54) is 20.0 Å². The fourth-order valence-electron chi connectivity index (χ4n) is 2.88. The molecule has 2 aromatic rings. The number of H-pyrrole nitrogens is 1. The van der Waals surface area contributed by atoms with E-state index in [4.69, 9.17) is 4.74 Å². The van der Waals surface area contributed by atoms with Gasteiger partial charge in [0.25, 0.3) is 5.56 Å². The second kappa shape index (κ2) is 5.60. The zero-order valence-corrected chi connectivity index (χ0v) is 11.9. The molecule has 0 aliphatic heterocycles. The number of phenolic OH excluding ortho intramolecular Hbond substituents is 1. The third-order valence-electron chi connectivity index (χ3n) is 3.99. The summed E-state index contributed by atoms with van der Waals surface area (Å²) in [5, 5.41) is 9.86. The summed E-state index contributed by atoms with van der Waals surface area (Å²) in [4.78, 5) is 19.2. The zero-order valence-electron chi connectivity index (χ0n) is 11.9. The molecule has 0 saturated heterocycles. The lowest BCUT2D eigenvalue weighted by Gasteiger charge is -2.10. The van der Waals surface area contributed by atoms with Crippen LogP contribution in [-0.2, 0) is 0 Å². The van der Waals surface area contributed by atoms with Crippen molar-refractivity contribution < 1.29 is 9.84 Å². The number of hydrogen-bond donors (Lipinski definition) is 2. The molecule has 110 valence electrons. The summed E-state index contributed by atoms with van der Waals surface area (Å²) in [5.74, 6) is 1.29. The van der Waals surface area contributed by atoms with E-state index in [-0.39, 0.29) is 11.3 Å². The van der Waals surface area contributed by atoms with Gasteiger partial charge >= 0.3 is 0 Å². The Morgan fingerprint density at radius 1 is 1.29 bits per heavy atom. The van der Waals surface area contributed by atoms with Gasteiger partial charge in [-0.05, 0) is 31.0 Å². The Morgan fingerprint density at radius 3 is 2.71 bits per heavy atom. The number of hydrogen-bond acceptors (Lipinski definition) is 4. The minimum atomic E-state index is -0.155. The van der Waals surface area contributed by atoms with Crippen LogP contribution in [0.15, 0.2) is 29.1 Å². The molecule has 0 amide bonds. The van der Waals surface area contributed by atoms with Gasteiger partial charge in [-0.15, -0.1) is 0 Å². The van der Waals surface area contributed by atoms with Gasteiger partial charge in [0.15, 0.2) is 11.5 Å². The van der Waals surface area contributed by atoms with Gasteiger partial charge in [-0.3, -0.25) is 4.79 Å². The fourth-order valence-corrected chi connectivity index (χ4v) is 2.88. The van der Waals surface area contributed by atoms with Crippen molar-refractivity contribution in [3.05, 3.63) is 40.3 Å². The molecule has 1 fully saturated rings. The van der Waals surface area contributed by atoms with Crippen molar-refractivity contribution in [3.8, 4) is 22.9 Å². The fraction of sp³-hybridized carbons (Fsp3) is 0.375. The van der Waals surface area contributed by atoms with E-state index in [0.717, 1.165) is 18.5 Å². The van der Waals surface area contributed by atoms with Crippen LogP contribution in [0.25, 0.3) is 11.4 Å². The summed E-state index contributed by atoms with van der Waals surface area (Å²) >= 11 is 0. The zero-order chi connectivity index (χ0) is 14.8. The number of aromatic nitrogens is 2. The number of methoxy groups -OCH3 is 1. The number of rotatable bonds is 3. The van der Waals surface area contributed by atoms with Crippen LogP contribution in [-0.4, -0.2) is 22.2 Å². The van der Waals surface area contributed by atoms with Crippen LogP contribution >= 0.6 is 0 Å². The molecule has 1 heterocycles. The second-order valence-corrected chi connectivity index (χ2v) is 5.39. The van der Waals surface area contributed by atoms with Gasteiger partial charge in [0.2, 0.25) is 0 Å². The highest BCUT2D eigenvalue weighted by Gasteiger charge is 2.19. The maximum Gasteiger partial charge on any atom is 0.251 e. The van der Waals surface area contributed by atoms with Gasteiger partial charge in [0.05, 0.1) is 12.8 Å². The molecule has 0 radical (unpaired) electrons. The van der Waals surface area contributed by atoms with Crippen molar-refractivity contribution in [2.75, 3.05) is 7.11 Å². The summed E-state index contributed by atoms with van der Waals surface area (Å²) < 4.78 is 5.02. The molecule has 1 aromatic carbocycles. The smallest absolute Gasteiger partial charge is 0.251 e. The minimum Gasteiger partial charge on any atom is -0.504 e. The number of nitrogens with zero attached hydrogens (tertiary/aromatic N) is 1. The highest BCUT2D eigenvalue weighted by molar-refractivity contribution is 5.60. The van der Waals surface area contributed by atoms with E-state index >= 15 is 0 Å². The average molecular weight is 286 g/mol. The third kappa shape index (κ3) is 2.77. The Hall–Kier alpha value is -2.30. The molecule has 1 aliphatic carbocycles. The van der Waals surface area contributed by atoms with Crippen molar-refractivity contribution >= 4 is 0 Å². The largest absolute Gasteiger partial charge is 0.504 e. The molecule has 0 unspecified atom stereocenters. The maximum absolute atomic E-state index is 11.9. The summed E-state index contributed by atoms with van der Waals surface area (Å²) in [6, 6.07) is 6.57. The molecule has 5 nitrogen and oxygen atoms in total. The first-order chi connectivity index (χ1) is 10.2. The number of aromatic amines is 1. The van der Waals surface area contributed by atoms with Crippen LogP contribution in [0.1, 0.15) is 37.3 Å². The molecule has 1 aliphatic rings. The number of nitrogens with one attached hydrogen (secondary N) is 1. The van der Waals surface area contributed by atoms with Gasteiger partial charge in [-0.2, -0.15) is 0 Å². The standard InChI is InChI=1S/C16H18N2O3/c1-21-14-7-6-11(8-13(14)19)16-17-12(9-15(20)18-16)10-4-2-3-5-10/h6-10,19H,2-5H2,1H3,(H,17,18,20). The lowest BCUT2D eigenvalue weighted by atomic mass is 10.0. The van der Waals surface area contributed by atoms with E-state index in [2.05, 4.69) is 9.97 Å². The minimum absolute atomic E-state index is 0.0314. The monoisotopic (exact) mass is 286 g/mol. The van der Waals surface area contributed by atoms with Gasteiger partial charge in [0, 0.05) is 17.5 Å². The molecule has 0 atom stereocenters. The molecule has 2 N–H and O–H groups in total. The number of benzene rings is 1. The van der Waals surface area contributed by atoms with Crippen molar-refractivity contribution in [3.63, 3.8) is 0 Å². The molecule has 1 saturated carbocycles. The quantitative estimate of drug-likeness (QED) is 0.909. The highest BCUT2D eigenvalue weighted by atomic mass is 16.5. The maximum atomic E-state index is 11.9. The first kappa shape index (κ1) is 13.7. The molecule has 0 bridgehead atoms. The average Bonchev–Trinajstić information content (AvgIpc) is 3.01. The Balaban J connectivity index is 2.01. The molecule has 1 aromatic heterocycles. The Bertz CT molecular complexity index is 703. The SMILES string of the molecule is COc1ccc(-c2nc(C3CCCC3)cc(=O)[nH]2)cc1O. The first-order valence-electron chi connectivity index (χ1n) is 7.16. The molecule has 5 heteroatoms. The summed E-state index contributed by atoms with van der Waals surface area (Å²) in [5.41, 5.74) is 1.36. The Morgan fingerprint density at radius 2 is 2.05 bits per heavy atom. The Labute approximate surface area is 122 Å². The number of aromatic hydroxyl groups is 1. The van der Waals surface area contributed by atoms with Crippen LogP contribution in [0.2, 0.25) is 0 Å². The molecular weight excluding hydrogens is 268 g/mol. The molecular formula is C16H18N2O3. The lowest BCUT2D eigenvalue weighted by Crippen LogP contribution is -2.12. The van der Waals surface area contributed by atoms with Crippen molar-refractivity contribution in [1.29, 1.82) is 0 Å². The topological polar surface area (TPSA) is 75.2 Å². The summed E-state index contributed by atoms with van der Waals surface area (Å²) in [6.45, 7) is 0. The van der Waals surface area contributed by atoms with Crippen LogP contribution in [0.3, 0.4) is 0 Å². The van der Waals surface area contributed by atoms with Gasteiger partial charge in [0.1, 0.15) is 5.82 Å². The van der Waals surface area contributed by atoms with Gasteiger partial charge in [-0.1, -0.05) is 12.8 Å². The molecule has 0 spiro atoms. The Kier molecular flexibility index (Phi) is 3.64. The van der Waals surface area contributed by atoms with Crippen LogP contribution in [0.5, 0.6) is 11.5 Å². The van der Waals surface area contributed by atoms with E-state index in [1.807, 2.05) is 0 Å². The second-order valence-electron chi connectivity index (χ2n) is 5.39. The van der Waals surface area contributed by atoms with Crippen molar-refractivity contribution in [2.24, 2.45) is 0 Å². The van der Waals surface area contributed by atoms with Crippen LogP contribution in [0.4, 0.5) is 0 Å². The van der Waals surface area contributed by atoms with E-state index in [1.54, 1.807) is 24.3 Å². The van der Waals surface area contributed by atoms with Gasteiger partial charge in [-0.25, -0.2) is 4.98 Å². The van der Waals surface area contributed by atoms with E-state index in [9.17, 15) is 9.90 Å². The van der Waals surface area contributed by atoms with Crippen molar-refractivity contribution in [2.45, 2.75) is 31.6 Å². The van der Waals surface area contributed by atoms with Crippen molar-refractivity contribution in [1.82, 2.24) is 9.97 Å². The van der Waals surface area contributed by atoms with Crippen LogP contribution in [0, 0.1) is 0 Å². The van der Waals surface area contributed by atoms with E-state index in [0.29, 0.717) is 23.1 Å². The summed E-state index contributed by atoms with van der Waals surface area (Å²) in [6.07, 6.45) is 4.56. The third-order valence-corrected chi connectivity index (χ3v) is 3.99. The number of ether oxygens (including phenoxy) is 1. The normalized spacial score (nSPS) is 15.3.